The van der Waals surface area contributed by atoms with Crippen molar-refractivity contribution in [3.05, 3.63) is 34.2 Å². The van der Waals surface area contributed by atoms with Crippen molar-refractivity contribution in [2.75, 3.05) is 19.4 Å². The van der Waals surface area contributed by atoms with E-state index in [1.807, 2.05) is 0 Å². The van der Waals surface area contributed by atoms with Crippen LogP contribution < -0.4 is 10.5 Å². The monoisotopic (exact) mass is 202 g/mol. The molecule has 1 rings (SSSR count). The number of rotatable bonds is 2. The molecule has 0 atom stereocenters. The SMILES string of the molecule is COc1cc(N)ccc1C#CCN=[N+]=[N-]. The van der Waals surface area contributed by atoms with Crippen molar-refractivity contribution in [2.24, 2.45) is 5.11 Å². The first-order valence-electron chi connectivity index (χ1n) is 4.21. The summed E-state index contributed by atoms with van der Waals surface area (Å²) in [6.45, 7) is 0.143. The molecule has 0 radical (unpaired) electrons. The lowest BCUT2D eigenvalue weighted by molar-refractivity contribution is 0.414. The lowest BCUT2D eigenvalue weighted by Gasteiger charge is -2.03. The minimum Gasteiger partial charge on any atom is -0.495 e. The van der Waals surface area contributed by atoms with Crippen molar-refractivity contribution in [2.45, 2.75) is 0 Å². The van der Waals surface area contributed by atoms with E-state index in [9.17, 15) is 0 Å². The molecule has 0 bridgehead atoms. The Hall–Kier alpha value is -2.31. The van der Waals surface area contributed by atoms with E-state index in [4.69, 9.17) is 16.0 Å². The molecule has 5 heteroatoms. The minimum absolute atomic E-state index is 0.143. The molecule has 0 aliphatic heterocycles. The Balaban J connectivity index is 2.91. The van der Waals surface area contributed by atoms with Gasteiger partial charge in [-0.1, -0.05) is 17.0 Å². The Labute approximate surface area is 87.5 Å². The van der Waals surface area contributed by atoms with Crippen molar-refractivity contribution in [1.82, 2.24) is 0 Å². The first-order chi connectivity index (χ1) is 7.27. The number of benzene rings is 1. The van der Waals surface area contributed by atoms with Gasteiger partial charge < -0.3 is 10.5 Å². The van der Waals surface area contributed by atoms with E-state index in [1.165, 1.54) is 0 Å². The topological polar surface area (TPSA) is 84.0 Å². The van der Waals surface area contributed by atoms with Crippen molar-refractivity contribution in [3.8, 4) is 17.6 Å². The molecule has 0 saturated carbocycles. The van der Waals surface area contributed by atoms with E-state index in [1.54, 1.807) is 25.3 Å². The number of methoxy groups -OCH3 is 1. The van der Waals surface area contributed by atoms with Crippen LogP contribution in [0.1, 0.15) is 5.56 Å². The molecule has 0 amide bonds. The smallest absolute Gasteiger partial charge is 0.136 e. The summed E-state index contributed by atoms with van der Waals surface area (Å²) in [5, 5.41) is 3.30. The fourth-order valence-electron chi connectivity index (χ4n) is 1.01. The number of ether oxygens (including phenoxy) is 1. The van der Waals surface area contributed by atoms with Crippen LogP contribution >= 0.6 is 0 Å². The van der Waals surface area contributed by atoms with E-state index in [0.29, 0.717) is 11.4 Å². The van der Waals surface area contributed by atoms with Gasteiger partial charge in [0.05, 0.1) is 19.2 Å². The van der Waals surface area contributed by atoms with Gasteiger partial charge in [-0.3, -0.25) is 0 Å². The summed E-state index contributed by atoms with van der Waals surface area (Å²) >= 11 is 0. The quantitative estimate of drug-likeness (QED) is 0.261. The molecule has 0 aliphatic rings. The van der Waals surface area contributed by atoms with Gasteiger partial charge in [-0.15, -0.1) is 0 Å². The summed E-state index contributed by atoms with van der Waals surface area (Å²) in [5.41, 5.74) is 15.0. The van der Waals surface area contributed by atoms with Gasteiger partial charge in [0.15, 0.2) is 0 Å². The van der Waals surface area contributed by atoms with E-state index in [0.717, 1.165) is 5.56 Å². The molecule has 0 spiro atoms. The highest BCUT2D eigenvalue weighted by atomic mass is 16.5. The number of nitrogens with two attached hydrogens (primary N) is 1. The second-order valence-corrected chi connectivity index (χ2v) is 2.65. The fraction of sp³-hybridized carbons (Fsp3) is 0.200. The molecule has 15 heavy (non-hydrogen) atoms. The lowest BCUT2D eigenvalue weighted by atomic mass is 10.2. The Morgan fingerprint density at radius 2 is 2.40 bits per heavy atom. The summed E-state index contributed by atoms with van der Waals surface area (Å²) in [6.07, 6.45) is 0. The number of nitrogens with zero attached hydrogens (tertiary/aromatic N) is 3. The van der Waals surface area contributed by atoms with E-state index < -0.39 is 0 Å². The van der Waals surface area contributed by atoms with Crippen LogP contribution in [0.2, 0.25) is 0 Å². The molecule has 1 aromatic rings. The highest BCUT2D eigenvalue weighted by Gasteiger charge is 1.99. The molecule has 0 aliphatic carbocycles. The second kappa shape index (κ2) is 5.43. The van der Waals surface area contributed by atoms with Crippen molar-refractivity contribution >= 4 is 5.69 Å². The summed E-state index contributed by atoms with van der Waals surface area (Å²) in [7, 11) is 1.55. The minimum atomic E-state index is 0.143. The number of nitrogen functional groups attached to an aromatic ring is 1. The van der Waals surface area contributed by atoms with Crippen LogP contribution in [0.15, 0.2) is 23.3 Å². The number of hydrogen-bond donors (Lipinski definition) is 1. The highest BCUT2D eigenvalue weighted by molar-refractivity contribution is 5.54. The van der Waals surface area contributed by atoms with Crippen molar-refractivity contribution in [3.63, 3.8) is 0 Å². The van der Waals surface area contributed by atoms with Crippen LogP contribution in [0.5, 0.6) is 5.75 Å². The highest BCUT2D eigenvalue weighted by Crippen LogP contribution is 2.20. The van der Waals surface area contributed by atoms with Gasteiger partial charge in [-0.2, -0.15) is 0 Å². The van der Waals surface area contributed by atoms with E-state index >= 15 is 0 Å². The molecule has 5 nitrogen and oxygen atoms in total. The molecule has 1 aromatic carbocycles. The lowest BCUT2D eigenvalue weighted by Crippen LogP contribution is -1.91. The largest absolute Gasteiger partial charge is 0.495 e. The summed E-state index contributed by atoms with van der Waals surface area (Å²) in [4.78, 5) is 2.59. The zero-order valence-electron chi connectivity index (χ0n) is 8.27. The summed E-state index contributed by atoms with van der Waals surface area (Å²) in [6, 6.07) is 5.19. The Morgan fingerprint density at radius 1 is 1.60 bits per heavy atom. The van der Waals surface area contributed by atoms with Crippen LogP contribution in [-0.4, -0.2) is 13.7 Å². The molecule has 0 fully saturated rings. The van der Waals surface area contributed by atoms with E-state index in [-0.39, 0.29) is 6.54 Å². The van der Waals surface area contributed by atoms with Crippen LogP contribution in [0.25, 0.3) is 10.4 Å². The van der Waals surface area contributed by atoms with Crippen molar-refractivity contribution in [1.29, 1.82) is 0 Å². The molecule has 0 saturated heterocycles. The van der Waals surface area contributed by atoms with Gasteiger partial charge in [0.2, 0.25) is 0 Å². The number of azide groups is 1. The normalized spacial score (nSPS) is 8.33. The predicted octanol–water partition coefficient (Wildman–Crippen LogP) is 1.94. The molecule has 0 aromatic heterocycles. The van der Waals surface area contributed by atoms with Gasteiger partial charge >= 0.3 is 0 Å². The first-order valence-corrected chi connectivity index (χ1v) is 4.21. The number of anilines is 1. The fourth-order valence-corrected chi connectivity index (χ4v) is 1.01. The maximum atomic E-state index is 8.05. The molecular weight excluding hydrogens is 192 g/mol. The summed E-state index contributed by atoms with van der Waals surface area (Å²) in [5.74, 6) is 6.15. The van der Waals surface area contributed by atoms with Gasteiger partial charge in [-0.05, 0) is 17.7 Å². The van der Waals surface area contributed by atoms with Crippen LogP contribution in [0.4, 0.5) is 5.69 Å². The molecule has 0 heterocycles. The Kier molecular flexibility index (Phi) is 3.90. The van der Waals surface area contributed by atoms with E-state index in [2.05, 4.69) is 21.9 Å². The maximum absolute atomic E-state index is 8.05. The molecule has 0 unspecified atom stereocenters. The zero-order valence-corrected chi connectivity index (χ0v) is 8.27. The molecule has 2 N–H and O–H groups in total. The summed E-state index contributed by atoms with van der Waals surface area (Å²) < 4.78 is 5.10. The van der Waals surface area contributed by atoms with Gasteiger partial charge in [0.1, 0.15) is 5.75 Å². The van der Waals surface area contributed by atoms with Crippen LogP contribution in [0, 0.1) is 11.8 Å². The standard InChI is InChI=1S/C10H10N4O/c1-15-10-7-9(11)5-4-8(10)3-2-6-13-14-12/h4-5,7H,6,11H2,1H3. The number of hydrogen-bond acceptors (Lipinski definition) is 3. The van der Waals surface area contributed by atoms with Crippen molar-refractivity contribution < 1.29 is 4.74 Å². The van der Waals surface area contributed by atoms with Gasteiger partial charge in [-0.25, -0.2) is 0 Å². The van der Waals surface area contributed by atoms with Gasteiger partial charge in [0.25, 0.3) is 0 Å². The zero-order chi connectivity index (χ0) is 11.1. The third-order valence-corrected chi connectivity index (χ3v) is 1.66. The van der Waals surface area contributed by atoms with Crippen LogP contribution in [0.3, 0.4) is 0 Å². The third-order valence-electron chi connectivity index (χ3n) is 1.66. The Morgan fingerprint density at radius 3 is 3.07 bits per heavy atom. The van der Waals surface area contributed by atoms with Crippen LogP contribution in [-0.2, 0) is 0 Å². The molecule has 76 valence electrons. The maximum Gasteiger partial charge on any atom is 0.136 e. The molecular formula is C10H10N4O. The average molecular weight is 202 g/mol. The first kappa shape index (κ1) is 10.8. The average Bonchev–Trinajstić information content (AvgIpc) is 2.26. The third kappa shape index (κ3) is 3.14. The Bertz CT molecular complexity index is 452. The predicted molar refractivity (Wildman–Crippen MR) is 58.3 cm³/mol. The van der Waals surface area contributed by atoms with Gasteiger partial charge in [0, 0.05) is 16.7 Å². The second-order valence-electron chi connectivity index (χ2n) is 2.65.